The van der Waals surface area contributed by atoms with Crippen molar-refractivity contribution in [3.05, 3.63) is 106 Å². The van der Waals surface area contributed by atoms with Crippen molar-refractivity contribution in [1.82, 2.24) is 4.90 Å². The Morgan fingerprint density at radius 1 is 0.969 bits per heavy atom. The van der Waals surface area contributed by atoms with Crippen LogP contribution in [-0.2, 0) is 17.6 Å². The number of methoxy groups -OCH3 is 2. The van der Waals surface area contributed by atoms with E-state index in [4.69, 9.17) is 26.3 Å². The summed E-state index contributed by atoms with van der Waals surface area (Å²) in [5.41, 5.74) is 4.73. The van der Waals surface area contributed by atoms with Crippen LogP contribution in [-0.4, -0.2) is 24.9 Å². The smallest absolute Gasteiger partial charge is 0.207 e. The number of benzene rings is 2. The second kappa shape index (κ2) is 9.17. The van der Waals surface area contributed by atoms with Crippen LogP contribution in [0.3, 0.4) is 0 Å². The fourth-order valence-electron chi connectivity index (χ4n) is 3.80. The predicted octanol–water partition coefficient (Wildman–Crippen LogP) is 5.06. The van der Waals surface area contributed by atoms with Gasteiger partial charge in [0, 0.05) is 35.9 Å². The molecule has 2 aliphatic heterocycles. The van der Waals surface area contributed by atoms with Gasteiger partial charge >= 0.3 is 0 Å². The third-order valence-electron chi connectivity index (χ3n) is 5.52. The molecule has 6 heteroatoms. The molecule has 0 unspecified atom stereocenters. The Bertz CT molecular complexity index is 1210. The highest BCUT2D eigenvalue weighted by Gasteiger charge is 2.35. The standard InChI is InChI=1S/C26H21ClN2O3/c1-31-20-7-3-17(4-8-20)13-22-24(14-18-5-9-21(32-2)10-6-18)29-12-11-19(23(27)16-28)15-25(29)26(22)30/h3-12,15H,13-14H2,1-2H3. The Kier molecular flexibility index (Phi) is 6.16. The fourth-order valence-corrected chi connectivity index (χ4v) is 3.92. The van der Waals surface area contributed by atoms with E-state index in [2.05, 4.69) is 0 Å². The first-order valence-corrected chi connectivity index (χ1v) is 10.4. The molecule has 2 heterocycles. The van der Waals surface area contributed by atoms with Crippen molar-refractivity contribution in [3.63, 3.8) is 0 Å². The topological polar surface area (TPSA) is 62.6 Å². The van der Waals surface area contributed by atoms with Crippen molar-refractivity contribution in [1.29, 1.82) is 5.26 Å². The van der Waals surface area contributed by atoms with Gasteiger partial charge in [0.1, 0.15) is 22.6 Å². The molecule has 0 bridgehead atoms. The summed E-state index contributed by atoms with van der Waals surface area (Å²) in [4.78, 5) is 15.3. The summed E-state index contributed by atoms with van der Waals surface area (Å²) in [7, 11) is 3.26. The van der Waals surface area contributed by atoms with E-state index in [-0.39, 0.29) is 10.8 Å². The van der Waals surface area contributed by atoms with Crippen LogP contribution in [0.2, 0.25) is 0 Å². The molecule has 5 nitrogen and oxygen atoms in total. The maximum atomic E-state index is 13.4. The Morgan fingerprint density at radius 3 is 2.06 bits per heavy atom. The number of halogens is 1. The summed E-state index contributed by atoms with van der Waals surface area (Å²) in [5.74, 6) is 1.49. The third-order valence-corrected chi connectivity index (χ3v) is 5.83. The number of Topliss-reactive ketones (excluding diaryl/α,β-unsaturated/α-hetero) is 1. The monoisotopic (exact) mass is 444 g/mol. The van der Waals surface area contributed by atoms with Gasteiger partial charge < -0.3 is 14.4 Å². The summed E-state index contributed by atoms with van der Waals surface area (Å²) in [6.07, 6.45) is 6.31. The first-order valence-electron chi connectivity index (χ1n) is 10.1. The van der Waals surface area contributed by atoms with Gasteiger partial charge in [0.15, 0.2) is 0 Å². The molecule has 0 fully saturated rings. The second-order valence-electron chi connectivity index (χ2n) is 7.40. The first kappa shape index (κ1) is 21.5. The van der Waals surface area contributed by atoms with E-state index in [1.807, 2.05) is 65.7 Å². The minimum Gasteiger partial charge on any atom is -0.497 e. The van der Waals surface area contributed by atoms with Crippen molar-refractivity contribution >= 4 is 17.4 Å². The van der Waals surface area contributed by atoms with Crippen LogP contribution in [0.4, 0.5) is 0 Å². The minimum atomic E-state index is -0.0615. The van der Waals surface area contributed by atoms with Crippen LogP contribution in [0.5, 0.6) is 11.5 Å². The number of nitriles is 1. The number of hydrogen-bond acceptors (Lipinski definition) is 5. The molecule has 0 spiro atoms. The minimum absolute atomic E-state index is 0.0570. The van der Waals surface area contributed by atoms with E-state index in [9.17, 15) is 4.79 Å². The zero-order valence-corrected chi connectivity index (χ0v) is 18.5. The van der Waals surface area contributed by atoms with E-state index in [0.29, 0.717) is 24.1 Å². The highest BCUT2D eigenvalue weighted by atomic mass is 35.5. The molecule has 0 N–H and O–H groups in total. The average molecular weight is 445 g/mol. The SMILES string of the molecule is COc1ccc(CC2=C(Cc3ccc(OC)cc3)N3C=CC(=C(Cl)C#N)C=C3C2=O)cc1. The van der Waals surface area contributed by atoms with Gasteiger partial charge in [0.2, 0.25) is 5.78 Å². The van der Waals surface area contributed by atoms with Gasteiger partial charge in [-0.05, 0) is 47.5 Å². The van der Waals surface area contributed by atoms with Crippen LogP contribution in [0.1, 0.15) is 11.1 Å². The normalized spacial score (nSPS) is 16.5. The van der Waals surface area contributed by atoms with E-state index < -0.39 is 0 Å². The van der Waals surface area contributed by atoms with Gasteiger partial charge in [0.25, 0.3) is 0 Å². The van der Waals surface area contributed by atoms with Crippen molar-refractivity contribution < 1.29 is 14.3 Å². The van der Waals surface area contributed by atoms with Crippen LogP contribution in [0, 0.1) is 11.3 Å². The number of ether oxygens (including phenoxy) is 2. The van der Waals surface area contributed by atoms with E-state index in [1.54, 1.807) is 26.4 Å². The molecular formula is C26H21ClN2O3. The molecule has 0 radical (unpaired) electrons. The summed E-state index contributed by atoms with van der Waals surface area (Å²) in [6.45, 7) is 0. The summed E-state index contributed by atoms with van der Waals surface area (Å²) in [6, 6.07) is 17.4. The molecular weight excluding hydrogens is 424 g/mol. The number of carbonyl (C=O) groups is 1. The summed E-state index contributed by atoms with van der Waals surface area (Å²) >= 11 is 6.03. The number of carbonyl (C=O) groups excluding carboxylic acids is 1. The lowest BCUT2D eigenvalue weighted by atomic mass is 9.98. The van der Waals surface area contributed by atoms with Crippen molar-refractivity contribution in [3.8, 4) is 17.6 Å². The largest absolute Gasteiger partial charge is 0.497 e. The first-order chi connectivity index (χ1) is 15.5. The average Bonchev–Trinajstić information content (AvgIpc) is 3.09. The third kappa shape index (κ3) is 4.18. The number of hydrogen-bond donors (Lipinski definition) is 0. The molecule has 160 valence electrons. The molecule has 2 aromatic carbocycles. The maximum Gasteiger partial charge on any atom is 0.207 e. The lowest BCUT2D eigenvalue weighted by Crippen LogP contribution is -2.17. The van der Waals surface area contributed by atoms with Gasteiger partial charge in [-0.3, -0.25) is 4.79 Å². The summed E-state index contributed by atoms with van der Waals surface area (Å²) in [5, 5.41) is 9.20. The Morgan fingerprint density at radius 2 is 1.53 bits per heavy atom. The Balaban J connectivity index is 1.73. The van der Waals surface area contributed by atoms with E-state index in [0.717, 1.165) is 33.9 Å². The lowest BCUT2D eigenvalue weighted by Gasteiger charge is -2.22. The number of rotatable bonds is 6. The zero-order chi connectivity index (χ0) is 22.7. The molecule has 0 saturated carbocycles. The molecule has 0 amide bonds. The lowest BCUT2D eigenvalue weighted by molar-refractivity contribution is -0.112. The van der Waals surface area contributed by atoms with E-state index >= 15 is 0 Å². The number of fused-ring (bicyclic) bond motifs is 1. The Hall–Kier alpha value is -3.75. The molecule has 4 rings (SSSR count). The van der Waals surface area contributed by atoms with Gasteiger partial charge in [0.05, 0.1) is 19.9 Å². The molecule has 0 aromatic heterocycles. The van der Waals surface area contributed by atoms with Crippen LogP contribution in [0.25, 0.3) is 0 Å². The van der Waals surface area contributed by atoms with E-state index in [1.165, 1.54) is 0 Å². The van der Waals surface area contributed by atoms with Crippen molar-refractivity contribution in [2.24, 2.45) is 0 Å². The fraction of sp³-hybridized carbons (Fsp3) is 0.154. The molecule has 0 saturated heterocycles. The maximum absolute atomic E-state index is 13.4. The van der Waals surface area contributed by atoms with Gasteiger partial charge in [-0.25, -0.2) is 0 Å². The zero-order valence-electron chi connectivity index (χ0n) is 17.8. The second-order valence-corrected chi connectivity index (χ2v) is 7.78. The summed E-state index contributed by atoms with van der Waals surface area (Å²) < 4.78 is 10.5. The molecule has 0 aliphatic carbocycles. The van der Waals surface area contributed by atoms with Crippen molar-refractivity contribution in [2.45, 2.75) is 12.8 Å². The van der Waals surface area contributed by atoms with Crippen LogP contribution < -0.4 is 9.47 Å². The quantitative estimate of drug-likeness (QED) is 0.583. The number of allylic oxidation sites excluding steroid dienone is 6. The Labute approximate surface area is 192 Å². The van der Waals surface area contributed by atoms with Gasteiger partial charge in [-0.2, -0.15) is 5.26 Å². The predicted molar refractivity (Wildman–Crippen MR) is 123 cm³/mol. The molecule has 0 atom stereocenters. The van der Waals surface area contributed by atoms with Gasteiger partial charge in [-0.15, -0.1) is 0 Å². The van der Waals surface area contributed by atoms with Crippen LogP contribution in [0.15, 0.2) is 94.5 Å². The van der Waals surface area contributed by atoms with Crippen LogP contribution >= 0.6 is 11.6 Å². The molecule has 2 aliphatic rings. The molecule has 2 aromatic rings. The highest BCUT2D eigenvalue weighted by Crippen LogP contribution is 2.37. The highest BCUT2D eigenvalue weighted by molar-refractivity contribution is 6.32. The molecule has 32 heavy (non-hydrogen) atoms. The van der Waals surface area contributed by atoms with Crippen molar-refractivity contribution in [2.75, 3.05) is 14.2 Å². The number of ketones is 1. The van der Waals surface area contributed by atoms with Gasteiger partial charge in [-0.1, -0.05) is 35.9 Å². The number of nitrogens with zero attached hydrogens (tertiary/aromatic N) is 2.